The average molecular weight is 293 g/mol. The summed E-state index contributed by atoms with van der Waals surface area (Å²) in [5.41, 5.74) is 2.10. The molecule has 22 heavy (non-hydrogen) atoms. The molecule has 1 aromatic heterocycles. The van der Waals surface area contributed by atoms with Gasteiger partial charge in [-0.2, -0.15) is 9.97 Å². The van der Waals surface area contributed by atoms with Crippen molar-refractivity contribution >= 4 is 0 Å². The molecule has 5 heteroatoms. The monoisotopic (exact) mass is 293 g/mol. The molecule has 0 amide bonds. The van der Waals surface area contributed by atoms with Crippen molar-refractivity contribution in [1.82, 2.24) is 15.0 Å². The van der Waals surface area contributed by atoms with Gasteiger partial charge in [-0.15, -0.1) is 4.98 Å². The molecule has 1 heterocycles. The van der Waals surface area contributed by atoms with Gasteiger partial charge in [-0.25, -0.2) is 0 Å². The first-order valence-corrected chi connectivity index (χ1v) is 6.92. The summed E-state index contributed by atoms with van der Waals surface area (Å²) in [7, 11) is 0. The van der Waals surface area contributed by atoms with Crippen LogP contribution in [0.5, 0.6) is 12.0 Å². The summed E-state index contributed by atoms with van der Waals surface area (Å²) in [5, 5.41) is 0. The normalized spacial score (nSPS) is 10.2. The van der Waals surface area contributed by atoms with E-state index in [1.54, 1.807) is 0 Å². The molecule has 0 atom stereocenters. The molecule has 0 aliphatic rings. The van der Waals surface area contributed by atoms with Crippen molar-refractivity contribution in [3.63, 3.8) is 0 Å². The maximum atomic E-state index is 5.54. The lowest BCUT2D eigenvalue weighted by Crippen LogP contribution is -2.03. The predicted molar refractivity (Wildman–Crippen MR) is 81.4 cm³/mol. The van der Waals surface area contributed by atoms with Crippen molar-refractivity contribution in [2.24, 2.45) is 0 Å². The van der Waals surface area contributed by atoms with Crippen molar-refractivity contribution in [3.8, 4) is 12.0 Å². The number of hydrogen-bond donors (Lipinski definition) is 0. The number of nitrogens with zero attached hydrogens (tertiary/aromatic N) is 3. The highest BCUT2D eigenvalue weighted by molar-refractivity contribution is 5.15. The molecule has 5 nitrogen and oxygen atoms in total. The van der Waals surface area contributed by atoms with Crippen molar-refractivity contribution in [1.29, 1.82) is 0 Å². The predicted octanol–water partition coefficient (Wildman–Crippen LogP) is 3.03. The Morgan fingerprint density at radius 2 is 1.09 bits per heavy atom. The molecule has 2 aromatic carbocycles. The molecule has 0 aliphatic heterocycles. The Balaban J connectivity index is 1.58. The van der Waals surface area contributed by atoms with Crippen LogP contribution in [0.4, 0.5) is 0 Å². The molecule has 0 spiro atoms. The molecule has 0 aliphatic carbocycles. The van der Waals surface area contributed by atoms with Gasteiger partial charge >= 0.3 is 12.0 Å². The first kappa shape index (κ1) is 14.0. The van der Waals surface area contributed by atoms with E-state index in [0.717, 1.165) is 11.1 Å². The molecule has 0 radical (unpaired) electrons. The number of aromatic nitrogens is 3. The second kappa shape index (κ2) is 7.17. The van der Waals surface area contributed by atoms with E-state index in [-0.39, 0.29) is 12.0 Å². The maximum absolute atomic E-state index is 5.54. The fraction of sp³-hybridized carbons (Fsp3) is 0.118. The van der Waals surface area contributed by atoms with Gasteiger partial charge in [-0.3, -0.25) is 0 Å². The SMILES string of the molecule is c1ccc(COc2ncnc(OCc3ccccc3)n2)cc1. The Bertz CT molecular complexity index is 647. The van der Waals surface area contributed by atoms with Crippen molar-refractivity contribution in [2.45, 2.75) is 13.2 Å². The van der Waals surface area contributed by atoms with E-state index >= 15 is 0 Å². The Hall–Kier alpha value is -2.95. The summed E-state index contributed by atoms with van der Waals surface area (Å²) in [5.74, 6) is 0. The van der Waals surface area contributed by atoms with Crippen LogP contribution < -0.4 is 9.47 Å². The summed E-state index contributed by atoms with van der Waals surface area (Å²) in [6.07, 6.45) is 1.38. The topological polar surface area (TPSA) is 57.1 Å². The largest absolute Gasteiger partial charge is 0.458 e. The van der Waals surface area contributed by atoms with Crippen LogP contribution in [0, 0.1) is 0 Å². The van der Waals surface area contributed by atoms with Crippen LogP contribution in [-0.4, -0.2) is 15.0 Å². The Morgan fingerprint density at radius 3 is 1.55 bits per heavy atom. The lowest BCUT2D eigenvalue weighted by Gasteiger charge is -2.06. The second-order valence-electron chi connectivity index (χ2n) is 4.60. The molecule has 110 valence electrons. The maximum Gasteiger partial charge on any atom is 0.322 e. The first-order valence-electron chi connectivity index (χ1n) is 6.92. The molecular weight excluding hydrogens is 278 g/mol. The van der Waals surface area contributed by atoms with Gasteiger partial charge in [0.15, 0.2) is 0 Å². The average Bonchev–Trinajstić information content (AvgIpc) is 2.60. The van der Waals surface area contributed by atoms with Gasteiger partial charge in [0.05, 0.1) is 0 Å². The zero-order valence-corrected chi connectivity index (χ0v) is 11.9. The molecule has 0 saturated carbocycles. The van der Waals surface area contributed by atoms with Crippen LogP contribution >= 0.6 is 0 Å². The third-order valence-corrected chi connectivity index (χ3v) is 2.95. The van der Waals surface area contributed by atoms with Gasteiger partial charge in [-0.1, -0.05) is 60.7 Å². The smallest absolute Gasteiger partial charge is 0.322 e. The summed E-state index contributed by atoms with van der Waals surface area (Å²) in [6, 6.07) is 20.2. The minimum atomic E-state index is 0.252. The van der Waals surface area contributed by atoms with Gasteiger partial charge in [-0.05, 0) is 11.1 Å². The summed E-state index contributed by atoms with van der Waals surface area (Å²) in [4.78, 5) is 12.1. The zero-order chi connectivity index (χ0) is 15.0. The standard InChI is InChI=1S/C17H15N3O2/c1-3-7-14(8-4-1)11-21-16-18-13-19-17(20-16)22-12-15-9-5-2-6-10-15/h1-10,13H,11-12H2. The van der Waals surface area contributed by atoms with Crippen LogP contribution in [0.1, 0.15) is 11.1 Å². The van der Waals surface area contributed by atoms with Crippen LogP contribution in [0.15, 0.2) is 67.0 Å². The molecular formula is C17H15N3O2. The molecule has 0 fully saturated rings. The van der Waals surface area contributed by atoms with E-state index in [9.17, 15) is 0 Å². The molecule has 0 unspecified atom stereocenters. The highest BCUT2D eigenvalue weighted by Gasteiger charge is 2.04. The van der Waals surface area contributed by atoms with Gasteiger partial charge in [0.1, 0.15) is 19.5 Å². The summed E-state index contributed by atoms with van der Waals surface area (Å²) < 4.78 is 11.1. The fourth-order valence-corrected chi connectivity index (χ4v) is 1.85. The molecule has 0 N–H and O–H groups in total. The summed E-state index contributed by atoms with van der Waals surface area (Å²) >= 11 is 0. The highest BCUT2D eigenvalue weighted by Crippen LogP contribution is 2.11. The molecule has 3 aromatic rings. The van der Waals surface area contributed by atoms with Crippen LogP contribution in [0.3, 0.4) is 0 Å². The Labute approximate surface area is 128 Å². The molecule has 3 rings (SSSR count). The van der Waals surface area contributed by atoms with Crippen LogP contribution in [0.25, 0.3) is 0 Å². The van der Waals surface area contributed by atoms with E-state index in [1.165, 1.54) is 6.33 Å². The van der Waals surface area contributed by atoms with E-state index in [1.807, 2.05) is 60.7 Å². The van der Waals surface area contributed by atoms with Gasteiger partial charge in [0, 0.05) is 0 Å². The minimum absolute atomic E-state index is 0.252. The molecule has 0 saturated heterocycles. The lowest BCUT2D eigenvalue weighted by molar-refractivity contribution is 0.249. The van der Waals surface area contributed by atoms with Gasteiger partial charge in [0.25, 0.3) is 0 Å². The first-order chi connectivity index (χ1) is 10.9. The number of ether oxygens (including phenoxy) is 2. The van der Waals surface area contributed by atoms with Gasteiger partial charge in [0.2, 0.25) is 0 Å². The van der Waals surface area contributed by atoms with E-state index in [2.05, 4.69) is 15.0 Å². The second-order valence-corrected chi connectivity index (χ2v) is 4.60. The number of rotatable bonds is 6. The summed E-state index contributed by atoms with van der Waals surface area (Å²) in [6.45, 7) is 0.811. The van der Waals surface area contributed by atoms with Crippen molar-refractivity contribution < 1.29 is 9.47 Å². The third kappa shape index (κ3) is 4.02. The van der Waals surface area contributed by atoms with E-state index < -0.39 is 0 Å². The van der Waals surface area contributed by atoms with E-state index in [4.69, 9.17) is 9.47 Å². The number of benzene rings is 2. The zero-order valence-electron chi connectivity index (χ0n) is 11.9. The Kier molecular flexibility index (Phi) is 4.57. The number of hydrogen-bond acceptors (Lipinski definition) is 5. The fourth-order valence-electron chi connectivity index (χ4n) is 1.85. The quantitative estimate of drug-likeness (QED) is 0.699. The van der Waals surface area contributed by atoms with Crippen molar-refractivity contribution in [2.75, 3.05) is 0 Å². The van der Waals surface area contributed by atoms with Crippen LogP contribution in [0.2, 0.25) is 0 Å². The minimum Gasteiger partial charge on any atom is -0.458 e. The lowest BCUT2D eigenvalue weighted by atomic mass is 10.2. The Morgan fingerprint density at radius 1 is 0.636 bits per heavy atom. The highest BCUT2D eigenvalue weighted by atomic mass is 16.5. The van der Waals surface area contributed by atoms with Crippen LogP contribution in [-0.2, 0) is 13.2 Å². The van der Waals surface area contributed by atoms with Gasteiger partial charge < -0.3 is 9.47 Å². The van der Waals surface area contributed by atoms with E-state index in [0.29, 0.717) is 13.2 Å². The molecule has 0 bridgehead atoms. The van der Waals surface area contributed by atoms with Crippen molar-refractivity contribution in [3.05, 3.63) is 78.1 Å². The third-order valence-electron chi connectivity index (χ3n) is 2.95.